The third-order valence-corrected chi connectivity index (χ3v) is 4.31. The van der Waals surface area contributed by atoms with E-state index >= 15 is 0 Å². The molecule has 2 heterocycles. The summed E-state index contributed by atoms with van der Waals surface area (Å²) in [6, 6.07) is 11.6. The van der Waals surface area contributed by atoms with Gasteiger partial charge >= 0.3 is 0 Å². The van der Waals surface area contributed by atoms with Crippen LogP contribution in [0.5, 0.6) is 5.75 Å². The largest absolute Gasteiger partial charge is 0.492 e. The van der Waals surface area contributed by atoms with E-state index in [9.17, 15) is 5.11 Å². The molecule has 124 valence electrons. The average molecular weight is 341 g/mol. The number of aliphatic hydroxyl groups excluding tert-OH is 1. The average Bonchev–Trinajstić information content (AvgIpc) is 3.17. The van der Waals surface area contributed by atoms with Crippen molar-refractivity contribution in [3.8, 4) is 16.3 Å². The lowest BCUT2D eigenvalue weighted by atomic mass is 10.1. The maximum absolute atomic E-state index is 10.0. The molecule has 3 aromatic rings. The third kappa shape index (κ3) is 4.61. The number of nitrogens with one attached hydrogen (secondary N) is 1. The summed E-state index contributed by atoms with van der Waals surface area (Å²) >= 11 is 1.62. The highest BCUT2D eigenvalue weighted by Gasteiger charge is 2.06. The molecule has 0 aliphatic heterocycles. The maximum Gasteiger partial charge on any atom is 0.123 e. The number of nitrogens with zero attached hydrogens (tertiary/aromatic N) is 2. The monoisotopic (exact) mass is 341 g/mol. The minimum atomic E-state index is -0.559. The molecule has 2 N–H and O–H groups in total. The molecule has 0 saturated carbocycles. The molecular weight excluding hydrogens is 322 g/mol. The highest BCUT2D eigenvalue weighted by Crippen LogP contribution is 2.23. The molecule has 1 aromatic carbocycles. The summed E-state index contributed by atoms with van der Waals surface area (Å²) in [4.78, 5) is 8.28. The predicted molar refractivity (Wildman–Crippen MR) is 95.1 cm³/mol. The van der Waals surface area contributed by atoms with Crippen molar-refractivity contribution >= 4 is 11.3 Å². The Morgan fingerprint density at radius 2 is 2.04 bits per heavy atom. The molecule has 24 heavy (non-hydrogen) atoms. The second-order valence-electron chi connectivity index (χ2n) is 5.22. The lowest BCUT2D eigenvalue weighted by molar-refractivity contribution is 0.171. The van der Waals surface area contributed by atoms with Crippen LogP contribution in [-0.4, -0.2) is 34.8 Å². The minimum absolute atomic E-state index is 0.470. The van der Waals surface area contributed by atoms with Crippen molar-refractivity contribution in [1.29, 1.82) is 0 Å². The van der Waals surface area contributed by atoms with Gasteiger partial charge in [0.25, 0.3) is 0 Å². The molecule has 0 amide bonds. The standard InChI is InChI=1S/C18H19N3O2S/c22-17(15-2-1-7-19-12-15)13-20-8-10-23-16-5-3-14(4-6-16)18-21-9-11-24-18/h1-7,9,11-12,17,20,22H,8,10,13H2/t17-/m0/s1. The molecular formula is C18H19N3O2S. The molecule has 0 spiro atoms. The third-order valence-electron chi connectivity index (χ3n) is 3.49. The van der Waals surface area contributed by atoms with Gasteiger partial charge in [0.05, 0.1) is 6.10 Å². The van der Waals surface area contributed by atoms with Gasteiger partial charge in [-0.25, -0.2) is 4.98 Å². The van der Waals surface area contributed by atoms with Crippen molar-refractivity contribution in [3.05, 3.63) is 65.9 Å². The summed E-state index contributed by atoms with van der Waals surface area (Å²) in [5.74, 6) is 0.824. The molecule has 0 radical (unpaired) electrons. The Labute approximate surface area is 145 Å². The number of hydrogen-bond donors (Lipinski definition) is 2. The highest BCUT2D eigenvalue weighted by atomic mass is 32.1. The van der Waals surface area contributed by atoms with Gasteiger partial charge in [-0.1, -0.05) is 6.07 Å². The number of rotatable bonds is 8. The second-order valence-corrected chi connectivity index (χ2v) is 6.11. The Balaban J connectivity index is 1.37. The van der Waals surface area contributed by atoms with Gasteiger partial charge in [-0.05, 0) is 30.3 Å². The Kier molecular flexibility index (Phi) is 5.90. The Morgan fingerprint density at radius 1 is 1.17 bits per heavy atom. The number of aromatic nitrogens is 2. The van der Waals surface area contributed by atoms with Crippen LogP contribution in [0, 0.1) is 0 Å². The molecule has 0 aliphatic carbocycles. The minimum Gasteiger partial charge on any atom is -0.492 e. The van der Waals surface area contributed by atoms with Gasteiger partial charge in [0, 0.05) is 48.2 Å². The Hall–Kier alpha value is -2.28. The molecule has 2 aromatic heterocycles. The highest BCUT2D eigenvalue weighted by molar-refractivity contribution is 7.13. The van der Waals surface area contributed by atoms with Gasteiger partial charge in [-0.2, -0.15) is 0 Å². The SMILES string of the molecule is O[C@@H](CNCCOc1ccc(-c2nccs2)cc1)c1cccnc1. The number of aliphatic hydroxyl groups is 1. The fourth-order valence-electron chi connectivity index (χ4n) is 2.23. The summed E-state index contributed by atoms with van der Waals surface area (Å²) in [5.41, 5.74) is 1.90. The van der Waals surface area contributed by atoms with Crippen LogP contribution in [0.25, 0.3) is 10.6 Å². The van der Waals surface area contributed by atoms with Crippen LogP contribution < -0.4 is 10.1 Å². The van der Waals surface area contributed by atoms with E-state index in [-0.39, 0.29) is 0 Å². The van der Waals surface area contributed by atoms with Gasteiger partial charge in [-0.15, -0.1) is 11.3 Å². The fourth-order valence-corrected chi connectivity index (χ4v) is 2.88. The van der Waals surface area contributed by atoms with Crippen LogP contribution in [-0.2, 0) is 0 Å². The van der Waals surface area contributed by atoms with Crippen LogP contribution in [0.15, 0.2) is 60.4 Å². The zero-order chi connectivity index (χ0) is 16.6. The normalized spacial score (nSPS) is 12.0. The van der Waals surface area contributed by atoms with E-state index in [1.54, 1.807) is 29.9 Å². The molecule has 3 rings (SSSR count). The van der Waals surface area contributed by atoms with Gasteiger partial charge in [0.2, 0.25) is 0 Å². The quantitative estimate of drug-likeness (QED) is 0.617. The molecule has 5 nitrogen and oxygen atoms in total. The van der Waals surface area contributed by atoms with Crippen molar-refractivity contribution in [2.75, 3.05) is 19.7 Å². The second kappa shape index (κ2) is 8.54. The van der Waals surface area contributed by atoms with E-state index in [0.29, 0.717) is 19.7 Å². The summed E-state index contributed by atoms with van der Waals surface area (Å²) in [7, 11) is 0. The summed E-state index contributed by atoms with van der Waals surface area (Å²) in [5, 5.41) is 16.2. The molecule has 0 fully saturated rings. The number of ether oxygens (including phenoxy) is 1. The van der Waals surface area contributed by atoms with E-state index in [1.807, 2.05) is 41.8 Å². The van der Waals surface area contributed by atoms with Crippen LogP contribution in [0.2, 0.25) is 0 Å². The van der Waals surface area contributed by atoms with Gasteiger partial charge in [0.15, 0.2) is 0 Å². The number of pyridine rings is 1. The first-order valence-corrected chi connectivity index (χ1v) is 8.62. The zero-order valence-corrected chi connectivity index (χ0v) is 13.9. The van der Waals surface area contributed by atoms with E-state index < -0.39 is 6.10 Å². The molecule has 0 unspecified atom stereocenters. The number of hydrogen-bond acceptors (Lipinski definition) is 6. The summed E-state index contributed by atoms with van der Waals surface area (Å²) < 4.78 is 5.69. The maximum atomic E-state index is 10.0. The summed E-state index contributed by atoms with van der Waals surface area (Å²) in [6.45, 7) is 1.67. The Morgan fingerprint density at radius 3 is 2.75 bits per heavy atom. The predicted octanol–water partition coefficient (Wildman–Crippen LogP) is 2.91. The smallest absolute Gasteiger partial charge is 0.123 e. The van der Waals surface area contributed by atoms with Gasteiger partial charge in [0.1, 0.15) is 17.4 Å². The molecule has 0 saturated heterocycles. The first-order valence-electron chi connectivity index (χ1n) is 7.74. The first kappa shape index (κ1) is 16.6. The number of thiazole rings is 1. The number of benzene rings is 1. The van der Waals surface area contributed by atoms with E-state index in [1.165, 1.54) is 0 Å². The van der Waals surface area contributed by atoms with Crippen molar-refractivity contribution < 1.29 is 9.84 Å². The van der Waals surface area contributed by atoms with Gasteiger partial charge < -0.3 is 15.2 Å². The first-order chi connectivity index (χ1) is 11.8. The van der Waals surface area contributed by atoms with Crippen LogP contribution in [0.4, 0.5) is 0 Å². The van der Waals surface area contributed by atoms with E-state index in [4.69, 9.17) is 4.74 Å². The van der Waals surface area contributed by atoms with Crippen LogP contribution in [0.3, 0.4) is 0 Å². The lowest BCUT2D eigenvalue weighted by Crippen LogP contribution is -2.26. The topological polar surface area (TPSA) is 67.3 Å². The van der Waals surface area contributed by atoms with Crippen LogP contribution >= 0.6 is 11.3 Å². The molecule has 6 heteroatoms. The lowest BCUT2D eigenvalue weighted by Gasteiger charge is -2.12. The summed E-state index contributed by atoms with van der Waals surface area (Å²) in [6.07, 6.45) is 4.61. The fraction of sp³-hybridized carbons (Fsp3) is 0.222. The van der Waals surface area contributed by atoms with E-state index in [0.717, 1.165) is 21.9 Å². The molecule has 0 bridgehead atoms. The van der Waals surface area contributed by atoms with Gasteiger partial charge in [-0.3, -0.25) is 4.98 Å². The van der Waals surface area contributed by atoms with E-state index in [2.05, 4.69) is 15.3 Å². The van der Waals surface area contributed by atoms with Crippen molar-refractivity contribution in [1.82, 2.24) is 15.3 Å². The Bertz CT molecular complexity index is 718. The van der Waals surface area contributed by atoms with Crippen molar-refractivity contribution in [2.45, 2.75) is 6.10 Å². The zero-order valence-electron chi connectivity index (χ0n) is 13.1. The van der Waals surface area contributed by atoms with Crippen molar-refractivity contribution in [3.63, 3.8) is 0 Å². The van der Waals surface area contributed by atoms with Crippen molar-refractivity contribution in [2.24, 2.45) is 0 Å². The molecule has 0 aliphatic rings. The molecule has 1 atom stereocenters. The van der Waals surface area contributed by atoms with Crippen LogP contribution in [0.1, 0.15) is 11.7 Å².